The smallest absolute Gasteiger partial charge is 0.210 e. The number of H-pyrrole nitrogens is 2. The first kappa shape index (κ1) is 17.4. The Morgan fingerprint density at radius 3 is 1.50 bits per heavy atom. The quantitative estimate of drug-likeness (QED) is 0.286. The normalized spacial score (nSPS) is 20.2. The van der Waals surface area contributed by atoms with Crippen LogP contribution >= 0.6 is 0 Å². The molecule has 2 atom stereocenters. The topological polar surface area (TPSA) is 91.5 Å². The number of nitrogens with one attached hydrogen (secondary N) is 2. The van der Waals surface area contributed by atoms with Crippen LogP contribution in [-0.2, 0) is 9.59 Å². The van der Waals surface area contributed by atoms with Crippen LogP contribution in [0.15, 0.2) is 48.6 Å². The molecule has 5 heterocycles. The van der Waals surface area contributed by atoms with E-state index in [-0.39, 0.29) is 11.6 Å². The Morgan fingerprint density at radius 1 is 0.594 bits per heavy atom. The number of ketones is 2. The van der Waals surface area contributed by atoms with E-state index in [2.05, 4.69) is 9.97 Å². The number of allylic oxidation sites excluding steroid dienone is 2. The molecule has 2 unspecified atom stereocenters. The number of carbonyl (C=O) groups excluding carboxylic acids is 2. The van der Waals surface area contributed by atoms with Crippen molar-refractivity contribution in [1.82, 2.24) is 19.9 Å². The van der Waals surface area contributed by atoms with Gasteiger partial charge in [0, 0.05) is 22.1 Å². The summed E-state index contributed by atoms with van der Waals surface area (Å²) in [5, 5.41) is 0. The molecule has 0 radical (unpaired) electrons. The third-order valence-corrected chi connectivity index (χ3v) is 6.35. The number of Topliss-reactive ketones (excluding diaryl/α,β-unsaturated/α-hetero) is 2. The lowest BCUT2D eigenvalue weighted by Crippen LogP contribution is -2.35. The number of nitrogens with zero attached hydrogens (tertiary/aromatic N) is 2. The van der Waals surface area contributed by atoms with Crippen LogP contribution in [0.3, 0.4) is 0 Å². The van der Waals surface area contributed by atoms with Crippen molar-refractivity contribution >= 4 is 57.9 Å². The van der Waals surface area contributed by atoms with E-state index in [4.69, 9.17) is 9.97 Å². The van der Waals surface area contributed by atoms with Crippen molar-refractivity contribution in [2.45, 2.75) is 11.8 Å². The van der Waals surface area contributed by atoms with Crippen molar-refractivity contribution in [2.75, 3.05) is 0 Å². The monoisotopic (exact) mass is 416 g/mol. The lowest BCUT2D eigenvalue weighted by Gasteiger charge is -2.28. The van der Waals surface area contributed by atoms with E-state index in [9.17, 15) is 9.59 Å². The fourth-order valence-corrected chi connectivity index (χ4v) is 4.95. The predicted molar refractivity (Wildman–Crippen MR) is 123 cm³/mol. The molecule has 6 heteroatoms. The van der Waals surface area contributed by atoms with Crippen molar-refractivity contribution in [3.63, 3.8) is 0 Å². The van der Waals surface area contributed by atoms with E-state index < -0.39 is 11.8 Å². The molecule has 32 heavy (non-hydrogen) atoms. The van der Waals surface area contributed by atoms with E-state index in [0.717, 1.165) is 56.0 Å². The minimum Gasteiger partial charge on any atom is -0.355 e. The molecule has 6 nitrogen and oxygen atoms in total. The van der Waals surface area contributed by atoms with Crippen molar-refractivity contribution < 1.29 is 9.59 Å². The second-order valence-electron chi connectivity index (χ2n) is 8.38. The van der Waals surface area contributed by atoms with Gasteiger partial charge < -0.3 is 9.97 Å². The van der Waals surface area contributed by atoms with Crippen molar-refractivity contribution in [1.29, 1.82) is 0 Å². The Hall–Kier alpha value is -4.32. The number of hydrogen-bond donors (Lipinski definition) is 2. The van der Waals surface area contributed by atoms with Gasteiger partial charge in [-0.15, -0.1) is 0 Å². The first-order valence-electron chi connectivity index (χ1n) is 10.5. The van der Waals surface area contributed by atoms with Gasteiger partial charge in [0.1, 0.15) is 0 Å². The zero-order chi connectivity index (χ0) is 21.4. The van der Waals surface area contributed by atoms with Crippen LogP contribution in [0.1, 0.15) is 45.7 Å². The minimum absolute atomic E-state index is 0.341. The molecule has 5 aliphatic rings. The van der Waals surface area contributed by atoms with Crippen molar-refractivity contribution in [3.05, 3.63) is 82.5 Å². The van der Waals surface area contributed by atoms with Crippen LogP contribution in [0, 0.1) is 0 Å². The SMILES string of the molecule is O=C1C(=O)C2C=CC1c1c2c2cc3nc(cc4ccc(cc5nc(cc1[nH]2)C=C5)[nH]4)C=C3. The fraction of sp³-hybridized carbons (Fsp3) is 0.0769. The molecule has 3 aromatic rings. The Kier molecular flexibility index (Phi) is 3.31. The van der Waals surface area contributed by atoms with Gasteiger partial charge in [0.25, 0.3) is 0 Å². The van der Waals surface area contributed by atoms with Crippen LogP contribution in [0.2, 0.25) is 0 Å². The van der Waals surface area contributed by atoms with Gasteiger partial charge in [-0.1, -0.05) is 12.2 Å². The van der Waals surface area contributed by atoms with Gasteiger partial charge in [-0.25, -0.2) is 9.97 Å². The lowest BCUT2D eigenvalue weighted by molar-refractivity contribution is -0.138. The molecule has 0 saturated carbocycles. The zero-order valence-electron chi connectivity index (χ0n) is 16.8. The molecule has 3 aromatic heterocycles. The van der Waals surface area contributed by atoms with E-state index in [1.54, 1.807) is 0 Å². The fourth-order valence-electron chi connectivity index (χ4n) is 4.95. The van der Waals surface area contributed by atoms with E-state index in [0.29, 0.717) is 0 Å². The van der Waals surface area contributed by atoms with Gasteiger partial charge in [0.15, 0.2) is 0 Å². The lowest BCUT2D eigenvalue weighted by atomic mass is 9.70. The molecule has 0 amide bonds. The first-order valence-corrected chi connectivity index (χ1v) is 10.5. The number of aromatic amines is 2. The summed E-state index contributed by atoms with van der Waals surface area (Å²) in [5.74, 6) is -1.79. The molecule has 0 fully saturated rings. The van der Waals surface area contributed by atoms with Crippen LogP contribution in [0.5, 0.6) is 0 Å². The summed E-state index contributed by atoms with van der Waals surface area (Å²) in [5.41, 5.74) is 8.53. The average molecular weight is 416 g/mol. The highest BCUT2D eigenvalue weighted by molar-refractivity contribution is 6.44. The summed E-state index contributed by atoms with van der Waals surface area (Å²) in [4.78, 5) is 41.5. The summed E-state index contributed by atoms with van der Waals surface area (Å²) < 4.78 is 0. The standard InChI is InChI=1S/C26H16N4O2/c31-25-19-7-8-20(26(25)32)24-22-12-18-6-4-16(29-18)10-14-2-1-13(27-14)9-15-3-5-17(28-15)11-21(30-22)23(19)24/h1-12,19-20,27,30H. The predicted octanol–water partition coefficient (Wildman–Crippen LogP) is 4.54. The molecule has 0 spiro atoms. The third kappa shape index (κ3) is 2.46. The number of aromatic nitrogens is 4. The molecule has 152 valence electrons. The minimum atomic E-state index is -0.552. The van der Waals surface area contributed by atoms with Gasteiger partial charge >= 0.3 is 0 Å². The average Bonchev–Trinajstić information content (AvgIpc) is 3.56. The van der Waals surface area contributed by atoms with Crippen LogP contribution in [0.4, 0.5) is 0 Å². The second-order valence-corrected chi connectivity index (χ2v) is 8.38. The Morgan fingerprint density at radius 2 is 1.03 bits per heavy atom. The van der Waals surface area contributed by atoms with Crippen molar-refractivity contribution in [3.8, 4) is 0 Å². The Bertz CT molecular complexity index is 1510. The summed E-state index contributed by atoms with van der Waals surface area (Å²) in [6.07, 6.45) is 11.5. The zero-order valence-corrected chi connectivity index (χ0v) is 16.8. The molecule has 2 aliphatic heterocycles. The van der Waals surface area contributed by atoms with Crippen LogP contribution in [0.25, 0.3) is 46.4 Å². The molecule has 3 aliphatic carbocycles. The van der Waals surface area contributed by atoms with E-state index >= 15 is 0 Å². The Labute approximate surface area is 182 Å². The second kappa shape index (κ2) is 6.11. The van der Waals surface area contributed by atoms with Gasteiger partial charge in [-0.3, -0.25) is 9.59 Å². The summed E-state index contributed by atoms with van der Waals surface area (Å²) in [6, 6.07) is 11.9. The molecule has 0 saturated heterocycles. The van der Waals surface area contributed by atoms with Gasteiger partial charge in [0.05, 0.1) is 34.6 Å². The first-order chi connectivity index (χ1) is 15.6. The van der Waals surface area contributed by atoms with Gasteiger partial charge in [-0.2, -0.15) is 0 Å². The molecule has 2 N–H and O–H groups in total. The maximum absolute atomic E-state index is 12.6. The van der Waals surface area contributed by atoms with Gasteiger partial charge in [-0.05, 0) is 71.8 Å². The number of carbonyl (C=O) groups is 2. The summed E-state index contributed by atoms with van der Waals surface area (Å²) in [6.45, 7) is 0. The molecule has 8 rings (SSSR count). The number of hydrogen-bond acceptors (Lipinski definition) is 4. The Balaban J connectivity index is 1.61. The maximum atomic E-state index is 12.6. The molecule has 10 bridgehead atoms. The van der Waals surface area contributed by atoms with Crippen LogP contribution < -0.4 is 0 Å². The molecular weight excluding hydrogens is 400 g/mol. The number of fused-ring (bicyclic) bond motifs is 9. The van der Waals surface area contributed by atoms with Crippen LogP contribution in [-0.4, -0.2) is 31.5 Å². The molecule has 0 aromatic carbocycles. The van der Waals surface area contributed by atoms with Crippen molar-refractivity contribution in [2.24, 2.45) is 0 Å². The molecular formula is C26H16N4O2. The summed E-state index contributed by atoms with van der Waals surface area (Å²) >= 11 is 0. The highest BCUT2D eigenvalue weighted by atomic mass is 16.2. The maximum Gasteiger partial charge on any atom is 0.210 e. The third-order valence-electron chi connectivity index (χ3n) is 6.35. The largest absolute Gasteiger partial charge is 0.355 e. The van der Waals surface area contributed by atoms with E-state index in [1.807, 2.05) is 72.9 Å². The highest BCUT2D eigenvalue weighted by Crippen LogP contribution is 2.45. The highest BCUT2D eigenvalue weighted by Gasteiger charge is 2.44. The van der Waals surface area contributed by atoms with Gasteiger partial charge in [0.2, 0.25) is 11.6 Å². The number of rotatable bonds is 0. The summed E-state index contributed by atoms with van der Waals surface area (Å²) in [7, 11) is 0. The van der Waals surface area contributed by atoms with E-state index in [1.165, 1.54) is 0 Å².